The lowest BCUT2D eigenvalue weighted by Crippen LogP contribution is -2.40. The number of hydrogen-bond donors (Lipinski definition) is 0. The van der Waals surface area contributed by atoms with E-state index in [9.17, 15) is 0 Å². The van der Waals surface area contributed by atoms with Gasteiger partial charge in [-0.1, -0.05) is 6.58 Å². The van der Waals surface area contributed by atoms with Crippen molar-refractivity contribution in [3.8, 4) is 0 Å². The quantitative estimate of drug-likeness (QED) is 0.602. The van der Waals surface area contributed by atoms with Gasteiger partial charge in [0.05, 0.1) is 0 Å². The van der Waals surface area contributed by atoms with E-state index in [4.69, 9.17) is 0 Å². The molecule has 0 spiro atoms. The van der Waals surface area contributed by atoms with Crippen LogP contribution in [0.4, 0.5) is 0 Å². The number of rotatable bonds is 0. The Bertz CT molecular complexity index is 264. The Kier molecular flexibility index (Phi) is 2.58. The monoisotopic (exact) mass is 208 g/mol. The molecule has 0 aromatic rings. The minimum atomic E-state index is 0.331. The molecule has 2 rings (SSSR count). The fourth-order valence-corrected chi connectivity index (χ4v) is 2.86. The highest BCUT2D eigenvalue weighted by molar-refractivity contribution is 5.05. The van der Waals surface area contributed by atoms with Crippen molar-refractivity contribution in [1.82, 2.24) is 9.80 Å². The van der Waals surface area contributed by atoms with Crippen LogP contribution in [0.1, 0.15) is 27.2 Å². The van der Waals surface area contributed by atoms with Gasteiger partial charge in [0, 0.05) is 37.9 Å². The predicted octanol–water partition coefficient (Wildman–Crippen LogP) is 2.18. The zero-order valence-electron chi connectivity index (χ0n) is 10.6. The van der Waals surface area contributed by atoms with Crippen LogP contribution in [0.2, 0.25) is 0 Å². The van der Waals surface area contributed by atoms with Gasteiger partial charge in [-0.2, -0.15) is 0 Å². The average molecular weight is 208 g/mol. The van der Waals surface area contributed by atoms with Crippen LogP contribution >= 0.6 is 0 Å². The van der Waals surface area contributed by atoms with Crippen molar-refractivity contribution in [3.63, 3.8) is 0 Å². The highest BCUT2D eigenvalue weighted by Gasteiger charge is 2.40. The SMILES string of the molecule is C=C1CC2CN(C(C)(C)C)CC2CN1C. The molecular weight excluding hydrogens is 184 g/mol. The number of nitrogens with zero attached hydrogens (tertiary/aromatic N) is 2. The van der Waals surface area contributed by atoms with Gasteiger partial charge in [-0.3, -0.25) is 4.90 Å². The Hall–Kier alpha value is -0.500. The highest BCUT2D eigenvalue weighted by Crippen LogP contribution is 2.37. The van der Waals surface area contributed by atoms with Gasteiger partial charge >= 0.3 is 0 Å². The molecular formula is C13H24N2. The first-order valence-electron chi connectivity index (χ1n) is 6.02. The molecule has 0 bridgehead atoms. The van der Waals surface area contributed by atoms with Crippen LogP contribution in [0.5, 0.6) is 0 Å². The first-order valence-corrected chi connectivity index (χ1v) is 6.02. The van der Waals surface area contributed by atoms with Crippen molar-refractivity contribution >= 4 is 0 Å². The number of piperidine rings is 1. The molecule has 0 saturated carbocycles. The molecule has 2 nitrogen and oxygen atoms in total. The molecule has 2 heteroatoms. The lowest BCUT2D eigenvalue weighted by atomic mass is 9.87. The maximum absolute atomic E-state index is 4.15. The molecule has 2 saturated heterocycles. The first-order chi connectivity index (χ1) is 6.88. The molecule has 2 unspecified atom stereocenters. The summed E-state index contributed by atoms with van der Waals surface area (Å²) >= 11 is 0. The molecule has 0 aliphatic carbocycles. The maximum atomic E-state index is 4.15. The molecule has 15 heavy (non-hydrogen) atoms. The number of hydrogen-bond acceptors (Lipinski definition) is 2. The van der Waals surface area contributed by atoms with Gasteiger partial charge in [0.1, 0.15) is 0 Å². The van der Waals surface area contributed by atoms with Crippen LogP contribution in [-0.4, -0.2) is 42.0 Å². The molecule has 0 amide bonds. The van der Waals surface area contributed by atoms with Crippen molar-refractivity contribution in [2.45, 2.75) is 32.7 Å². The predicted molar refractivity (Wildman–Crippen MR) is 64.7 cm³/mol. The van der Waals surface area contributed by atoms with Crippen LogP contribution in [0, 0.1) is 11.8 Å². The van der Waals surface area contributed by atoms with Crippen LogP contribution in [0.25, 0.3) is 0 Å². The topological polar surface area (TPSA) is 6.48 Å². The van der Waals surface area contributed by atoms with Crippen LogP contribution < -0.4 is 0 Å². The Labute approximate surface area is 93.9 Å². The van der Waals surface area contributed by atoms with E-state index >= 15 is 0 Å². The van der Waals surface area contributed by atoms with E-state index in [1.165, 1.54) is 31.8 Å². The third-order valence-electron chi connectivity index (χ3n) is 4.07. The summed E-state index contributed by atoms with van der Waals surface area (Å²) in [6.07, 6.45) is 1.20. The molecule has 0 radical (unpaired) electrons. The van der Waals surface area contributed by atoms with E-state index in [1.807, 2.05) is 0 Å². The summed E-state index contributed by atoms with van der Waals surface area (Å²) in [6.45, 7) is 14.9. The molecule has 2 aliphatic heterocycles. The zero-order valence-corrected chi connectivity index (χ0v) is 10.6. The molecule has 2 heterocycles. The Balaban J connectivity index is 2.05. The second-order valence-corrected chi connectivity index (χ2v) is 6.25. The third-order valence-corrected chi connectivity index (χ3v) is 4.07. The van der Waals surface area contributed by atoms with Crippen molar-refractivity contribution in [1.29, 1.82) is 0 Å². The average Bonchev–Trinajstić information content (AvgIpc) is 2.47. The summed E-state index contributed by atoms with van der Waals surface area (Å²) in [5, 5.41) is 0. The minimum Gasteiger partial charge on any atom is -0.378 e. The number of fused-ring (bicyclic) bond motifs is 1. The first kappa shape index (κ1) is 11.0. The van der Waals surface area contributed by atoms with E-state index < -0.39 is 0 Å². The molecule has 0 N–H and O–H groups in total. The summed E-state index contributed by atoms with van der Waals surface area (Å²) in [6, 6.07) is 0. The number of allylic oxidation sites excluding steroid dienone is 1. The molecule has 86 valence electrons. The largest absolute Gasteiger partial charge is 0.378 e. The molecule has 2 fully saturated rings. The summed E-state index contributed by atoms with van der Waals surface area (Å²) in [4.78, 5) is 4.97. The second kappa shape index (κ2) is 3.51. The second-order valence-electron chi connectivity index (χ2n) is 6.25. The molecule has 0 aromatic carbocycles. The van der Waals surface area contributed by atoms with Gasteiger partial charge in [0.15, 0.2) is 0 Å². The van der Waals surface area contributed by atoms with E-state index in [0.717, 1.165) is 11.8 Å². The maximum Gasteiger partial charge on any atom is 0.0215 e. The van der Waals surface area contributed by atoms with Gasteiger partial charge in [0.25, 0.3) is 0 Å². The van der Waals surface area contributed by atoms with Crippen LogP contribution in [0.3, 0.4) is 0 Å². The number of likely N-dealkylation sites (tertiary alicyclic amines) is 2. The van der Waals surface area contributed by atoms with Gasteiger partial charge in [-0.25, -0.2) is 0 Å². The Morgan fingerprint density at radius 2 is 1.73 bits per heavy atom. The van der Waals surface area contributed by atoms with Crippen molar-refractivity contribution in [2.75, 3.05) is 26.7 Å². The Morgan fingerprint density at radius 1 is 1.13 bits per heavy atom. The van der Waals surface area contributed by atoms with Crippen molar-refractivity contribution in [2.24, 2.45) is 11.8 Å². The van der Waals surface area contributed by atoms with E-state index in [2.05, 4.69) is 44.2 Å². The van der Waals surface area contributed by atoms with Gasteiger partial charge in [-0.05, 0) is 39.0 Å². The zero-order chi connectivity index (χ0) is 11.2. The fraction of sp³-hybridized carbons (Fsp3) is 0.846. The Morgan fingerprint density at radius 3 is 2.33 bits per heavy atom. The summed E-state index contributed by atoms with van der Waals surface area (Å²) < 4.78 is 0. The van der Waals surface area contributed by atoms with E-state index in [1.54, 1.807) is 0 Å². The van der Waals surface area contributed by atoms with Crippen LogP contribution in [-0.2, 0) is 0 Å². The smallest absolute Gasteiger partial charge is 0.0215 e. The van der Waals surface area contributed by atoms with Crippen molar-refractivity contribution < 1.29 is 0 Å². The summed E-state index contributed by atoms with van der Waals surface area (Å²) in [7, 11) is 2.18. The van der Waals surface area contributed by atoms with E-state index in [0.29, 0.717) is 5.54 Å². The molecule has 2 atom stereocenters. The lowest BCUT2D eigenvalue weighted by Gasteiger charge is -2.34. The highest BCUT2D eigenvalue weighted by atomic mass is 15.2. The third kappa shape index (κ3) is 2.05. The normalized spacial score (nSPS) is 33.3. The summed E-state index contributed by atoms with van der Waals surface area (Å²) in [5.41, 5.74) is 1.66. The molecule has 0 aromatic heterocycles. The van der Waals surface area contributed by atoms with Crippen molar-refractivity contribution in [3.05, 3.63) is 12.3 Å². The lowest BCUT2D eigenvalue weighted by molar-refractivity contribution is 0.164. The standard InChI is InChI=1S/C13H24N2/c1-10-6-11-8-15(13(2,3)4)9-12(11)7-14(10)5/h11-12H,1,6-9H2,2-5H3. The fourth-order valence-electron chi connectivity index (χ4n) is 2.86. The van der Waals surface area contributed by atoms with E-state index in [-0.39, 0.29) is 0 Å². The van der Waals surface area contributed by atoms with Gasteiger partial charge in [-0.15, -0.1) is 0 Å². The summed E-state index contributed by atoms with van der Waals surface area (Å²) in [5.74, 6) is 1.72. The minimum absolute atomic E-state index is 0.331. The van der Waals surface area contributed by atoms with Crippen LogP contribution in [0.15, 0.2) is 12.3 Å². The van der Waals surface area contributed by atoms with Gasteiger partial charge in [0.2, 0.25) is 0 Å². The molecule has 2 aliphatic rings. The van der Waals surface area contributed by atoms with Gasteiger partial charge < -0.3 is 4.90 Å².